The Balaban J connectivity index is 0.00000338. The number of nitrogens with one attached hydrogen (secondary N) is 3. The number of halogens is 4. The number of guanidine groups is 1. The van der Waals surface area contributed by atoms with E-state index in [0.717, 1.165) is 17.0 Å². The number of benzene rings is 1. The van der Waals surface area contributed by atoms with Gasteiger partial charge in [-0.2, -0.15) is 13.2 Å². The molecule has 11 heteroatoms. The van der Waals surface area contributed by atoms with Crippen molar-refractivity contribution >= 4 is 41.9 Å². The van der Waals surface area contributed by atoms with Crippen LogP contribution in [0.2, 0.25) is 0 Å². The van der Waals surface area contributed by atoms with Crippen LogP contribution in [0.25, 0.3) is 0 Å². The molecule has 1 aliphatic heterocycles. The van der Waals surface area contributed by atoms with E-state index in [1.807, 2.05) is 0 Å². The van der Waals surface area contributed by atoms with Crippen LogP contribution >= 0.6 is 24.0 Å². The number of nitrogens with zero attached hydrogens (tertiary/aromatic N) is 2. The number of aliphatic imine (C=N–C) groups is 1. The molecular weight excluding hydrogens is 466 g/mol. The maximum Gasteiger partial charge on any atom is 0.416 e. The highest BCUT2D eigenvalue weighted by Crippen LogP contribution is 2.28. The van der Waals surface area contributed by atoms with Gasteiger partial charge in [0, 0.05) is 26.7 Å². The van der Waals surface area contributed by atoms with Crippen LogP contribution in [0.15, 0.2) is 29.3 Å². The van der Waals surface area contributed by atoms with E-state index >= 15 is 0 Å². The fourth-order valence-electron chi connectivity index (χ4n) is 2.19. The highest BCUT2D eigenvalue weighted by Gasteiger charge is 2.30. The molecule has 1 aromatic carbocycles. The Bertz CT molecular complexity index is 648. The number of amides is 3. The van der Waals surface area contributed by atoms with Crippen LogP contribution in [0.5, 0.6) is 0 Å². The quantitative estimate of drug-likeness (QED) is 0.256. The van der Waals surface area contributed by atoms with Gasteiger partial charge in [0.2, 0.25) is 5.91 Å². The van der Waals surface area contributed by atoms with Gasteiger partial charge in [0.1, 0.15) is 0 Å². The van der Waals surface area contributed by atoms with Gasteiger partial charge in [-0.15, -0.1) is 24.0 Å². The Hall–Kier alpha value is -2.05. The number of carbonyl (C=O) groups is 2. The molecule has 0 aliphatic carbocycles. The van der Waals surface area contributed by atoms with Gasteiger partial charge in [0.05, 0.1) is 12.1 Å². The molecule has 3 N–H and O–H groups in total. The van der Waals surface area contributed by atoms with Crippen molar-refractivity contribution < 1.29 is 22.8 Å². The van der Waals surface area contributed by atoms with Gasteiger partial charge in [-0.25, -0.2) is 4.79 Å². The lowest BCUT2D eigenvalue weighted by atomic mass is 10.1. The summed E-state index contributed by atoms with van der Waals surface area (Å²) in [5.41, 5.74) is -0.0441. The van der Waals surface area contributed by atoms with Crippen LogP contribution in [-0.4, -0.2) is 49.5 Å². The van der Waals surface area contributed by atoms with Crippen molar-refractivity contribution in [2.75, 3.05) is 26.7 Å². The molecule has 144 valence electrons. The summed E-state index contributed by atoms with van der Waals surface area (Å²) >= 11 is 0. The summed E-state index contributed by atoms with van der Waals surface area (Å²) < 4.78 is 37.5. The standard InChI is InChI=1S/C15H18F3N5O2.HI/c1-19-13(20-6-7-23-12(24)9-22-14(23)25)21-8-10-2-4-11(5-3-10)15(16,17)18;/h2-5H,6-9H2,1H3,(H,22,25)(H2,19,20,21);1H. The lowest BCUT2D eigenvalue weighted by Gasteiger charge is -2.15. The topological polar surface area (TPSA) is 85.8 Å². The third-order valence-electron chi connectivity index (χ3n) is 3.53. The fraction of sp³-hybridized carbons (Fsp3) is 0.400. The van der Waals surface area contributed by atoms with E-state index < -0.39 is 17.8 Å². The molecule has 3 amide bonds. The Labute approximate surface area is 165 Å². The molecule has 0 radical (unpaired) electrons. The van der Waals surface area contributed by atoms with E-state index in [2.05, 4.69) is 20.9 Å². The van der Waals surface area contributed by atoms with E-state index in [0.29, 0.717) is 18.1 Å². The molecule has 0 bridgehead atoms. The van der Waals surface area contributed by atoms with Gasteiger partial charge >= 0.3 is 12.2 Å². The van der Waals surface area contributed by atoms with Gasteiger partial charge in [0.15, 0.2) is 5.96 Å². The van der Waals surface area contributed by atoms with Gasteiger partial charge < -0.3 is 16.0 Å². The lowest BCUT2D eigenvalue weighted by Crippen LogP contribution is -2.43. The van der Waals surface area contributed by atoms with Crippen molar-refractivity contribution in [2.24, 2.45) is 4.99 Å². The van der Waals surface area contributed by atoms with Crippen LogP contribution in [-0.2, 0) is 17.5 Å². The molecule has 0 unspecified atom stereocenters. The zero-order chi connectivity index (χ0) is 18.4. The summed E-state index contributed by atoms with van der Waals surface area (Å²) in [4.78, 5) is 27.9. The maximum absolute atomic E-state index is 12.5. The molecule has 0 aromatic heterocycles. The van der Waals surface area contributed by atoms with Crippen LogP contribution in [0.4, 0.5) is 18.0 Å². The second-order valence-corrected chi connectivity index (χ2v) is 5.25. The highest BCUT2D eigenvalue weighted by atomic mass is 127. The van der Waals surface area contributed by atoms with Crippen LogP contribution in [0.1, 0.15) is 11.1 Å². The number of rotatable bonds is 5. The van der Waals surface area contributed by atoms with Crippen molar-refractivity contribution in [3.63, 3.8) is 0 Å². The Morgan fingerprint density at radius 3 is 2.38 bits per heavy atom. The zero-order valence-electron chi connectivity index (χ0n) is 13.9. The molecular formula is C15H19F3IN5O2. The first-order chi connectivity index (χ1) is 11.8. The van der Waals surface area contributed by atoms with Crippen LogP contribution in [0, 0.1) is 0 Å². The third kappa shape index (κ3) is 6.04. The molecule has 1 fully saturated rings. The Kier molecular flexibility index (Phi) is 8.11. The van der Waals surface area contributed by atoms with Crippen LogP contribution < -0.4 is 16.0 Å². The molecule has 0 atom stereocenters. The lowest BCUT2D eigenvalue weighted by molar-refractivity contribution is -0.137. The number of alkyl halides is 3. The normalized spacial score (nSPS) is 14.8. The largest absolute Gasteiger partial charge is 0.416 e. The van der Waals surface area contributed by atoms with Gasteiger partial charge in [-0.3, -0.25) is 14.7 Å². The van der Waals surface area contributed by atoms with E-state index in [1.165, 1.54) is 19.2 Å². The fourth-order valence-corrected chi connectivity index (χ4v) is 2.19. The summed E-state index contributed by atoms with van der Waals surface area (Å²) in [7, 11) is 1.54. The smallest absolute Gasteiger partial charge is 0.355 e. The molecule has 26 heavy (non-hydrogen) atoms. The predicted octanol–water partition coefficient (Wildman–Crippen LogP) is 1.54. The zero-order valence-corrected chi connectivity index (χ0v) is 16.2. The minimum atomic E-state index is -4.36. The Morgan fingerprint density at radius 2 is 1.88 bits per heavy atom. The average Bonchev–Trinajstić information content (AvgIpc) is 2.89. The van der Waals surface area contributed by atoms with Crippen molar-refractivity contribution in [3.8, 4) is 0 Å². The maximum atomic E-state index is 12.5. The molecule has 1 aromatic rings. The highest BCUT2D eigenvalue weighted by molar-refractivity contribution is 14.0. The minimum absolute atomic E-state index is 0. The summed E-state index contributed by atoms with van der Waals surface area (Å²) in [6.07, 6.45) is -4.36. The monoisotopic (exact) mass is 485 g/mol. The minimum Gasteiger partial charge on any atom is -0.355 e. The van der Waals surface area contributed by atoms with Gasteiger partial charge in [0.25, 0.3) is 0 Å². The van der Waals surface area contributed by atoms with Crippen molar-refractivity contribution in [1.82, 2.24) is 20.9 Å². The van der Waals surface area contributed by atoms with E-state index in [4.69, 9.17) is 0 Å². The molecule has 1 saturated heterocycles. The average molecular weight is 485 g/mol. The summed E-state index contributed by atoms with van der Waals surface area (Å²) in [5.74, 6) is 0.117. The van der Waals surface area contributed by atoms with Crippen molar-refractivity contribution in [2.45, 2.75) is 12.7 Å². The molecule has 1 heterocycles. The molecule has 1 aliphatic rings. The number of imide groups is 1. The summed E-state index contributed by atoms with van der Waals surface area (Å²) in [5, 5.41) is 8.29. The summed E-state index contributed by atoms with van der Waals surface area (Å²) in [6, 6.07) is 4.38. The van der Waals surface area contributed by atoms with Crippen LogP contribution in [0.3, 0.4) is 0 Å². The molecule has 2 rings (SSSR count). The van der Waals surface area contributed by atoms with Gasteiger partial charge in [-0.1, -0.05) is 12.1 Å². The second-order valence-electron chi connectivity index (χ2n) is 5.25. The van der Waals surface area contributed by atoms with E-state index in [1.54, 1.807) is 0 Å². The predicted molar refractivity (Wildman–Crippen MR) is 100 cm³/mol. The number of hydrogen-bond donors (Lipinski definition) is 3. The van der Waals surface area contributed by atoms with Crippen molar-refractivity contribution in [3.05, 3.63) is 35.4 Å². The molecule has 0 spiro atoms. The number of urea groups is 1. The first-order valence-electron chi connectivity index (χ1n) is 7.50. The van der Waals surface area contributed by atoms with E-state index in [9.17, 15) is 22.8 Å². The van der Waals surface area contributed by atoms with Gasteiger partial charge in [-0.05, 0) is 17.7 Å². The first-order valence-corrected chi connectivity index (χ1v) is 7.50. The van der Waals surface area contributed by atoms with Crippen molar-refractivity contribution in [1.29, 1.82) is 0 Å². The molecule has 7 nitrogen and oxygen atoms in total. The Morgan fingerprint density at radius 1 is 1.23 bits per heavy atom. The number of carbonyl (C=O) groups excluding carboxylic acids is 2. The third-order valence-corrected chi connectivity index (χ3v) is 3.53. The SMILES string of the molecule is CN=C(NCCN1C(=O)CNC1=O)NCc1ccc(C(F)(F)F)cc1.I. The molecule has 0 saturated carbocycles. The first kappa shape index (κ1) is 22.0. The summed E-state index contributed by atoms with van der Waals surface area (Å²) in [6.45, 7) is 0.762. The number of hydrogen-bond acceptors (Lipinski definition) is 3. The second kappa shape index (κ2) is 9.59. The van der Waals surface area contributed by atoms with E-state index in [-0.39, 0.29) is 49.5 Å².